The fraction of sp³-hybridized carbons (Fsp3) is 0.636. The van der Waals surface area contributed by atoms with Crippen molar-refractivity contribution >= 4 is 17.3 Å². The molecule has 1 aliphatic carbocycles. The highest BCUT2D eigenvalue weighted by Gasteiger charge is 2.25. The molecule has 1 unspecified atom stereocenters. The zero-order valence-electron chi connectivity index (χ0n) is 9.06. The van der Waals surface area contributed by atoms with Gasteiger partial charge in [-0.2, -0.15) is 0 Å². The van der Waals surface area contributed by atoms with Crippen LogP contribution < -0.4 is 5.32 Å². The molecule has 1 atom stereocenters. The van der Waals surface area contributed by atoms with E-state index in [1.807, 2.05) is 0 Å². The lowest BCUT2D eigenvalue weighted by atomic mass is 9.94. The van der Waals surface area contributed by atoms with Gasteiger partial charge in [0, 0.05) is 11.4 Å². The molecule has 0 amide bonds. The first-order chi connectivity index (χ1) is 7.77. The van der Waals surface area contributed by atoms with Gasteiger partial charge in [0.1, 0.15) is 6.04 Å². The summed E-state index contributed by atoms with van der Waals surface area (Å²) in [5.41, 5.74) is 2.30. The number of carboxylic acids is 1. The minimum atomic E-state index is -0.837. The summed E-state index contributed by atoms with van der Waals surface area (Å²) in [5.74, 6) is -0.837. The highest BCUT2D eigenvalue weighted by Crippen LogP contribution is 2.21. The van der Waals surface area contributed by atoms with Crippen LogP contribution >= 0.6 is 11.3 Å². The second-order valence-electron chi connectivity index (χ2n) is 4.19. The molecule has 2 N–H and O–H groups in total. The quantitative estimate of drug-likeness (QED) is 0.847. The molecule has 0 bridgehead atoms. The first kappa shape index (κ1) is 11.5. The monoisotopic (exact) mass is 240 g/mol. The number of nitrogens with one attached hydrogen (secondary N) is 1. The van der Waals surface area contributed by atoms with Crippen LogP contribution in [0.1, 0.15) is 43.8 Å². The van der Waals surface area contributed by atoms with Crippen molar-refractivity contribution in [3.63, 3.8) is 0 Å². The van der Waals surface area contributed by atoms with Crippen LogP contribution in [0.4, 0.5) is 0 Å². The van der Waals surface area contributed by atoms with Gasteiger partial charge in [-0.25, -0.2) is 4.98 Å². The van der Waals surface area contributed by atoms with Crippen LogP contribution in [-0.4, -0.2) is 22.1 Å². The van der Waals surface area contributed by atoms with Crippen LogP contribution in [0.15, 0.2) is 10.9 Å². The zero-order chi connectivity index (χ0) is 11.4. The van der Waals surface area contributed by atoms with Crippen LogP contribution in [0, 0.1) is 0 Å². The van der Waals surface area contributed by atoms with Crippen molar-refractivity contribution in [1.82, 2.24) is 10.3 Å². The van der Waals surface area contributed by atoms with E-state index in [0.29, 0.717) is 11.7 Å². The number of carboxylic acid groups (broad SMARTS) is 1. The summed E-state index contributed by atoms with van der Waals surface area (Å²) in [6.07, 6.45) is 5.82. The predicted octanol–water partition coefficient (Wildman–Crippen LogP) is 2.19. The Bertz CT molecular complexity index is 334. The summed E-state index contributed by atoms with van der Waals surface area (Å²) < 4.78 is 0. The molecule has 1 heterocycles. The van der Waals surface area contributed by atoms with E-state index in [-0.39, 0.29) is 0 Å². The molecule has 1 saturated carbocycles. The normalized spacial score (nSPS) is 19.5. The second kappa shape index (κ2) is 5.41. The lowest BCUT2D eigenvalue weighted by Gasteiger charge is -2.25. The average molecular weight is 240 g/mol. The van der Waals surface area contributed by atoms with Gasteiger partial charge in [-0.15, -0.1) is 11.3 Å². The molecule has 0 saturated heterocycles. The number of nitrogens with zero attached hydrogens (tertiary/aromatic N) is 1. The Balaban J connectivity index is 2.00. The summed E-state index contributed by atoms with van der Waals surface area (Å²) in [5, 5.41) is 14.2. The standard InChI is InChI=1S/C11H16N2O2S/c14-11(15)10(9-6-16-7-12-9)13-8-4-2-1-3-5-8/h6-8,10,13H,1-5H2,(H,14,15). The maximum absolute atomic E-state index is 11.2. The van der Waals surface area contributed by atoms with Crippen molar-refractivity contribution in [3.05, 3.63) is 16.6 Å². The second-order valence-corrected chi connectivity index (χ2v) is 4.90. The molecule has 1 aromatic heterocycles. The van der Waals surface area contributed by atoms with Gasteiger partial charge in [-0.3, -0.25) is 10.1 Å². The average Bonchev–Trinajstić information content (AvgIpc) is 2.80. The number of hydrogen-bond donors (Lipinski definition) is 2. The molecule has 1 aliphatic rings. The van der Waals surface area contributed by atoms with E-state index in [0.717, 1.165) is 12.8 Å². The van der Waals surface area contributed by atoms with Crippen molar-refractivity contribution in [2.45, 2.75) is 44.2 Å². The first-order valence-corrected chi connectivity index (χ1v) is 6.58. The number of rotatable bonds is 4. The summed E-state index contributed by atoms with van der Waals surface area (Å²) in [4.78, 5) is 15.3. The van der Waals surface area contributed by atoms with E-state index in [4.69, 9.17) is 0 Å². The van der Waals surface area contributed by atoms with Crippen LogP contribution in [0.25, 0.3) is 0 Å². The Kier molecular flexibility index (Phi) is 3.90. The predicted molar refractivity (Wildman–Crippen MR) is 62.5 cm³/mol. The van der Waals surface area contributed by atoms with Gasteiger partial charge in [-0.05, 0) is 12.8 Å². The maximum Gasteiger partial charge on any atom is 0.327 e. The smallest absolute Gasteiger partial charge is 0.327 e. The summed E-state index contributed by atoms with van der Waals surface area (Å²) in [7, 11) is 0. The zero-order valence-corrected chi connectivity index (χ0v) is 9.87. The largest absolute Gasteiger partial charge is 0.480 e. The topological polar surface area (TPSA) is 62.2 Å². The number of carbonyl (C=O) groups is 1. The van der Waals surface area contributed by atoms with Gasteiger partial charge in [0.15, 0.2) is 0 Å². The molecule has 0 aliphatic heterocycles. The molecule has 0 spiro atoms. The maximum atomic E-state index is 11.2. The van der Waals surface area contributed by atoms with Crippen molar-refractivity contribution in [2.75, 3.05) is 0 Å². The van der Waals surface area contributed by atoms with E-state index < -0.39 is 12.0 Å². The van der Waals surface area contributed by atoms with Gasteiger partial charge < -0.3 is 5.11 Å². The van der Waals surface area contributed by atoms with Gasteiger partial charge in [0.25, 0.3) is 0 Å². The van der Waals surface area contributed by atoms with Gasteiger partial charge in [0.05, 0.1) is 11.2 Å². The molecule has 2 rings (SSSR count). The number of aromatic nitrogens is 1. The number of aliphatic carboxylic acids is 1. The van der Waals surface area contributed by atoms with Crippen LogP contribution in [0.2, 0.25) is 0 Å². The Hall–Kier alpha value is -0.940. The van der Waals surface area contributed by atoms with Crippen molar-refractivity contribution in [3.8, 4) is 0 Å². The Morgan fingerprint density at radius 1 is 1.50 bits per heavy atom. The number of hydrogen-bond acceptors (Lipinski definition) is 4. The highest BCUT2D eigenvalue weighted by atomic mass is 32.1. The molecule has 0 radical (unpaired) electrons. The third-order valence-corrected chi connectivity index (χ3v) is 3.61. The Morgan fingerprint density at radius 2 is 2.25 bits per heavy atom. The molecular weight excluding hydrogens is 224 g/mol. The fourth-order valence-electron chi connectivity index (χ4n) is 2.15. The lowest BCUT2D eigenvalue weighted by molar-refractivity contribution is -0.140. The minimum Gasteiger partial charge on any atom is -0.480 e. The Morgan fingerprint density at radius 3 is 2.81 bits per heavy atom. The summed E-state index contributed by atoms with van der Waals surface area (Å²) in [6.45, 7) is 0. The lowest BCUT2D eigenvalue weighted by Crippen LogP contribution is -2.38. The highest BCUT2D eigenvalue weighted by molar-refractivity contribution is 7.07. The summed E-state index contributed by atoms with van der Waals surface area (Å²) >= 11 is 1.43. The van der Waals surface area contributed by atoms with Crippen molar-refractivity contribution in [1.29, 1.82) is 0 Å². The molecule has 0 aromatic carbocycles. The molecule has 16 heavy (non-hydrogen) atoms. The summed E-state index contributed by atoms with van der Waals surface area (Å²) in [6, 6.07) is -0.314. The molecule has 5 heteroatoms. The molecule has 1 aromatic rings. The van der Waals surface area contributed by atoms with Crippen molar-refractivity contribution < 1.29 is 9.90 Å². The third-order valence-electron chi connectivity index (χ3n) is 3.00. The molecule has 88 valence electrons. The van der Waals surface area contributed by atoms with Gasteiger partial charge >= 0.3 is 5.97 Å². The molecule has 4 nitrogen and oxygen atoms in total. The molecular formula is C11H16N2O2S. The number of thiazole rings is 1. The van der Waals surface area contributed by atoms with Crippen LogP contribution in [0.3, 0.4) is 0 Å². The van der Waals surface area contributed by atoms with E-state index >= 15 is 0 Å². The van der Waals surface area contributed by atoms with Gasteiger partial charge in [-0.1, -0.05) is 19.3 Å². The fourth-order valence-corrected chi connectivity index (χ4v) is 2.73. The SMILES string of the molecule is O=C(O)C(NC1CCCCC1)c1cscn1. The van der Waals surface area contributed by atoms with E-state index in [1.54, 1.807) is 10.9 Å². The van der Waals surface area contributed by atoms with Crippen LogP contribution in [-0.2, 0) is 4.79 Å². The molecule has 1 fully saturated rings. The first-order valence-electron chi connectivity index (χ1n) is 5.64. The van der Waals surface area contributed by atoms with Crippen molar-refractivity contribution in [2.24, 2.45) is 0 Å². The van der Waals surface area contributed by atoms with Crippen LogP contribution in [0.5, 0.6) is 0 Å². The van der Waals surface area contributed by atoms with Gasteiger partial charge in [0.2, 0.25) is 0 Å². The Labute approximate surface area is 98.7 Å². The third kappa shape index (κ3) is 2.80. The van der Waals surface area contributed by atoms with E-state index in [1.165, 1.54) is 30.6 Å². The minimum absolute atomic E-state index is 0.330. The van der Waals surface area contributed by atoms with E-state index in [9.17, 15) is 9.90 Å². The van der Waals surface area contributed by atoms with E-state index in [2.05, 4.69) is 10.3 Å².